The van der Waals surface area contributed by atoms with Gasteiger partial charge in [0, 0.05) is 6.61 Å². The lowest BCUT2D eigenvalue weighted by atomic mass is 9.69. The molecule has 5 heteroatoms. The molecule has 0 radical (unpaired) electrons. The Morgan fingerprint density at radius 3 is 2.59 bits per heavy atom. The predicted molar refractivity (Wildman–Crippen MR) is 85.7 cm³/mol. The fourth-order valence-corrected chi connectivity index (χ4v) is 3.65. The number of carbonyl (C=O) groups is 1. The summed E-state index contributed by atoms with van der Waals surface area (Å²) in [7, 11) is 0. The molecule has 5 nitrogen and oxygen atoms in total. The van der Waals surface area contributed by atoms with E-state index in [1.807, 2.05) is 26.8 Å². The van der Waals surface area contributed by atoms with Crippen molar-refractivity contribution in [3.63, 3.8) is 0 Å². The van der Waals surface area contributed by atoms with Gasteiger partial charge in [0.25, 0.3) is 0 Å². The lowest BCUT2D eigenvalue weighted by molar-refractivity contribution is -0.164. The van der Waals surface area contributed by atoms with Crippen LogP contribution in [0.5, 0.6) is 0 Å². The number of amides is 1. The van der Waals surface area contributed by atoms with E-state index >= 15 is 0 Å². The van der Waals surface area contributed by atoms with Gasteiger partial charge in [0.2, 0.25) is 5.91 Å². The average Bonchev–Trinajstić information content (AvgIpc) is 2.85. The summed E-state index contributed by atoms with van der Waals surface area (Å²) in [6.45, 7) is 10.3. The van der Waals surface area contributed by atoms with Crippen molar-refractivity contribution in [1.29, 1.82) is 0 Å². The summed E-state index contributed by atoms with van der Waals surface area (Å²) < 4.78 is 6.07. The molecule has 1 heterocycles. The highest BCUT2D eigenvalue weighted by atomic mass is 16.7. The second-order valence-corrected chi connectivity index (χ2v) is 7.71. The number of carbonyl (C=O) groups excluding carboxylic acids is 1. The van der Waals surface area contributed by atoms with Crippen LogP contribution in [0.1, 0.15) is 65.7 Å². The van der Waals surface area contributed by atoms with Gasteiger partial charge in [0.1, 0.15) is 0 Å². The standard InChI is InChI=1S/C17H30N2O3/c1-5-8-16(14(20)18-19-22-15(2,3)4)11-12-21-17(13-16)9-6-7-10-17/h5,19H,1,6-13H2,2-4H3,(H,18,20). The Bertz CT molecular complexity index is 411. The minimum atomic E-state index is -0.446. The molecule has 1 aliphatic heterocycles. The maximum absolute atomic E-state index is 12.8. The van der Waals surface area contributed by atoms with E-state index in [-0.39, 0.29) is 17.1 Å². The number of rotatable bonds is 5. The van der Waals surface area contributed by atoms with Crippen molar-refractivity contribution in [3.05, 3.63) is 12.7 Å². The van der Waals surface area contributed by atoms with E-state index in [0.717, 1.165) is 25.7 Å². The quantitative estimate of drug-likeness (QED) is 0.605. The van der Waals surface area contributed by atoms with E-state index in [0.29, 0.717) is 13.0 Å². The number of hydrogen-bond acceptors (Lipinski definition) is 4. The van der Waals surface area contributed by atoms with Gasteiger partial charge in [0.15, 0.2) is 0 Å². The van der Waals surface area contributed by atoms with Crippen molar-refractivity contribution in [2.45, 2.75) is 76.9 Å². The van der Waals surface area contributed by atoms with Gasteiger partial charge in [-0.15, -0.1) is 12.2 Å². The molecule has 1 unspecified atom stereocenters. The molecule has 0 aromatic carbocycles. The van der Waals surface area contributed by atoms with Crippen LogP contribution in [0.3, 0.4) is 0 Å². The zero-order chi connectivity index (χ0) is 16.3. The first-order chi connectivity index (χ1) is 10.3. The highest BCUT2D eigenvalue weighted by Crippen LogP contribution is 2.49. The molecular formula is C17H30N2O3. The summed E-state index contributed by atoms with van der Waals surface area (Å²) in [5.41, 5.74) is 4.42. The molecule has 1 spiro atoms. The van der Waals surface area contributed by atoms with Crippen LogP contribution in [0.4, 0.5) is 0 Å². The number of hydrazine groups is 1. The first-order valence-corrected chi connectivity index (χ1v) is 8.29. The average molecular weight is 310 g/mol. The van der Waals surface area contributed by atoms with Crippen LogP contribution in [-0.2, 0) is 14.4 Å². The molecular weight excluding hydrogens is 280 g/mol. The Labute approximate surface area is 133 Å². The fraction of sp³-hybridized carbons (Fsp3) is 0.824. The molecule has 2 fully saturated rings. The van der Waals surface area contributed by atoms with Gasteiger partial charge in [0.05, 0.1) is 16.6 Å². The van der Waals surface area contributed by atoms with Gasteiger partial charge < -0.3 is 4.74 Å². The Balaban J connectivity index is 2.03. The Hall–Kier alpha value is -0.910. The Morgan fingerprint density at radius 1 is 1.32 bits per heavy atom. The largest absolute Gasteiger partial charge is 0.375 e. The lowest BCUT2D eigenvalue weighted by Crippen LogP contribution is -2.54. The highest BCUT2D eigenvalue weighted by Gasteiger charge is 2.50. The topological polar surface area (TPSA) is 59.6 Å². The van der Waals surface area contributed by atoms with E-state index in [2.05, 4.69) is 17.6 Å². The minimum absolute atomic E-state index is 0.0220. The first-order valence-electron chi connectivity index (χ1n) is 8.29. The van der Waals surface area contributed by atoms with Crippen LogP contribution in [0.15, 0.2) is 12.7 Å². The van der Waals surface area contributed by atoms with Crippen LogP contribution in [0, 0.1) is 5.41 Å². The summed E-state index contributed by atoms with van der Waals surface area (Å²) in [6.07, 6.45) is 8.52. The molecule has 1 atom stereocenters. The first kappa shape index (κ1) is 17.4. The van der Waals surface area contributed by atoms with E-state index in [9.17, 15) is 4.79 Å². The third-order valence-corrected chi connectivity index (χ3v) is 4.70. The molecule has 1 saturated carbocycles. The van der Waals surface area contributed by atoms with E-state index in [4.69, 9.17) is 9.57 Å². The van der Waals surface area contributed by atoms with Crippen molar-refractivity contribution in [2.75, 3.05) is 6.61 Å². The number of hydrogen-bond donors (Lipinski definition) is 2. The molecule has 1 amide bonds. The van der Waals surface area contributed by atoms with E-state index < -0.39 is 5.41 Å². The second kappa shape index (κ2) is 6.69. The van der Waals surface area contributed by atoms with Crippen LogP contribution in [-0.4, -0.2) is 23.7 Å². The predicted octanol–water partition coefficient (Wildman–Crippen LogP) is 3.02. The molecule has 1 aliphatic carbocycles. The van der Waals surface area contributed by atoms with Gasteiger partial charge in [-0.25, -0.2) is 0 Å². The molecule has 0 bridgehead atoms. The zero-order valence-corrected chi connectivity index (χ0v) is 14.2. The van der Waals surface area contributed by atoms with Crippen molar-refractivity contribution >= 4 is 5.91 Å². The number of nitrogens with one attached hydrogen (secondary N) is 2. The van der Waals surface area contributed by atoms with Gasteiger partial charge in [-0.1, -0.05) is 18.9 Å². The zero-order valence-electron chi connectivity index (χ0n) is 14.2. The summed E-state index contributed by atoms with van der Waals surface area (Å²) in [5, 5.41) is 0. The molecule has 2 rings (SSSR count). The normalized spacial score (nSPS) is 27.8. The van der Waals surface area contributed by atoms with Crippen LogP contribution < -0.4 is 11.0 Å². The molecule has 2 aliphatic rings. The van der Waals surface area contributed by atoms with Gasteiger partial charge in [-0.3, -0.25) is 15.1 Å². The maximum atomic E-state index is 12.8. The van der Waals surface area contributed by atoms with Crippen molar-refractivity contribution in [2.24, 2.45) is 5.41 Å². The smallest absolute Gasteiger partial charge is 0.242 e. The van der Waals surface area contributed by atoms with E-state index in [1.165, 1.54) is 12.8 Å². The summed E-state index contributed by atoms with van der Waals surface area (Å²) >= 11 is 0. The van der Waals surface area contributed by atoms with Crippen molar-refractivity contribution in [1.82, 2.24) is 11.0 Å². The van der Waals surface area contributed by atoms with Gasteiger partial charge >= 0.3 is 0 Å². The van der Waals surface area contributed by atoms with Crippen molar-refractivity contribution in [3.8, 4) is 0 Å². The van der Waals surface area contributed by atoms with Crippen LogP contribution in [0.25, 0.3) is 0 Å². The number of ether oxygens (including phenoxy) is 1. The Morgan fingerprint density at radius 2 is 2.00 bits per heavy atom. The molecule has 0 aromatic heterocycles. The Kier molecular flexibility index (Phi) is 5.30. The highest BCUT2D eigenvalue weighted by molar-refractivity contribution is 5.82. The van der Waals surface area contributed by atoms with E-state index in [1.54, 1.807) is 0 Å². The lowest BCUT2D eigenvalue weighted by Gasteiger charge is -2.45. The molecule has 22 heavy (non-hydrogen) atoms. The minimum Gasteiger partial charge on any atom is -0.375 e. The number of allylic oxidation sites excluding steroid dienone is 1. The molecule has 0 aromatic rings. The third kappa shape index (κ3) is 4.09. The van der Waals surface area contributed by atoms with Gasteiger partial charge in [-0.05, 0) is 52.9 Å². The summed E-state index contributed by atoms with van der Waals surface area (Å²) in [5.74, 6) is -0.0220. The van der Waals surface area contributed by atoms with Crippen molar-refractivity contribution < 1.29 is 14.4 Å². The van der Waals surface area contributed by atoms with Crippen LogP contribution >= 0.6 is 0 Å². The molecule has 1 saturated heterocycles. The SMILES string of the molecule is C=CCC1(C(=O)NNOC(C)(C)C)CCOC2(CCCC2)C1. The summed E-state index contributed by atoms with van der Waals surface area (Å²) in [4.78, 5) is 18.2. The fourth-order valence-electron chi connectivity index (χ4n) is 3.65. The summed E-state index contributed by atoms with van der Waals surface area (Å²) in [6, 6.07) is 0. The molecule has 126 valence electrons. The van der Waals surface area contributed by atoms with Gasteiger partial charge in [-0.2, -0.15) is 0 Å². The monoisotopic (exact) mass is 310 g/mol. The maximum Gasteiger partial charge on any atom is 0.242 e. The molecule has 2 N–H and O–H groups in total. The second-order valence-electron chi connectivity index (χ2n) is 7.71. The van der Waals surface area contributed by atoms with Crippen LogP contribution in [0.2, 0.25) is 0 Å². The third-order valence-electron chi connectivity index (χ3n) is 4.70.